The van der Waals surface area contributed by atoms with Crippen molar-refractivity contribution < 1.29 is 10.2 Å². The molecule has 1 aliphatic rings. The standard InChI is InChI=1S/C10H15NO/c11-10-5-1-3-8(10)7-9-4-2-6-12-9/h2,4,6,8,10H,1,3,5,7,11H2/p+1/t8-,10-/m1/s1. The summed E-state index contributed by atoms with van der Waals surface area (Å²) >= 11 is 0. The summed E-state index contributed by atoms with van der Waals surface area (Å²) in [6, 6.07) is 4.67. The molecule has 1 aromatic rings. The van der Waals surface area contributed by atoms with Crippen LogP contribution in [0.4, 0.5) is 0 Å². The number of rotatable bonds is 2. The van der Waals surface area contributed by atoms with Gasteiger partial charge in [0.2, 0.25) is 0 Å². The molecule has 0 spiro atoms. The molecular weight excluding hydrogens is 150 g/mol. The van der Waals surface area contributed by atoms with Crippen LogP contribution in [-0.2, 0) is 6.42 Å². The topological polar surface area (TPSA) is 40.8 Å². The molecule has 0 aromatic carbocycles. The minimum Gasteiger partial charge on any atom is -0.469 e. The van der Waals surface area contributed by atoms with Crippen LogP contribution in [0, 0.1) is 5.92 Å². The van der Waals surface area contributed by atoms with Crippen LogP contribution >= 0.6 is 0 Å². The van der Waals surface area contributed by atoms with Crippen LogP contribution in [0.25, 0.3) is 0 Å². The summed E-state index contributed by atoms with van der Waals surface area (Å²) in [4.78, 5) is 0. The smallest absolute Gasteiger partial charge is 0.104 e. The molecule has 1 fully saturated rings. The highest BCUT2D eigenvalue weighted by Crippen LogP contribution is 2.26. The van der Waals surface area contributed by atoms with Gasteiger partial charge in [0.25, 0.3) is 0 Å². The van der Waals surface area contributed by atoms with Crippen LogP contribution in [0.3, 0.4) is 0 Å². The summed E-state index contributed by atoms with van der Waals surface area (Å²) in [5, 5.41) is 0. The van der Waals surface area contributed by atoms with Crippen LogP contribution in [0.1, 0.15) is 25.0 Å². The second kappa shape index (κ2) is 3.31. The van der Waals surface area contributed by atoms with Crippen molar-refractivity contribution >= 4 is 0 Å². The molecule has 1 aliphatic carbocycles. The quantitative estimate of drug-likeness (QED) is 0.705. The number of furan rings is 1. The predicted molar refractivity (Wildman–Crippen MR) is 46.4 cm³/mol. The Hall–Kier alpha value is -0.760. The first kappa shape index (κ1) is 7.87. The van der Waals surface area contributed by atoms with Gasteiger partial charge in [-0.3, -0.25) is 0 Å². The molecule has 2 atom stereocenters. The molecule has 12 heavy (non-hydrogen) atoms. The Morgan fingerprint density at radius 2 is 2.42 bits per heavy atom. The van der Waals surface area contributed by atoms with Crippen LogP contribution in [0.5, 0.6) is 0 Å². The van der Waals surface area contributed by atoms with E-state index in [1.165, 1.54) is 19.3 Å². The minimum atomic E-state index is 0.648. The maximum atomic E-state index is 5.32. The Kier molecular flexibility index (Phi) is 2.17. The maximum Gasteiger partial charge on any atom is 0.104 e. The first-order chi connectivity index (χ1) is 5.86. The highest BCUT2D eigenvalue weighted by Gasteiger charge is 2.27. The minimum absolute atomic E-state index is 0.648. The lowest BCUT2D eigenvalue weighted by molar-refractivity contribution is -0.428. The lowest BCUT2D eigenvalue weighted by Crippen LogP contribution is -2.62. The van der Waals surface area contributed by atoms with Crippen LogP contribution in [0.2, 0.25) is 0 Å². The van der Waals surface area contributed by atoms with E-state index < -0.39 is 0 Å². The fourth-order valence-electron chi connectivity index (χ4n) is 2.07. The zero-order valence-corrected chi connectivity index (χ0v) is 7.33. The molecule has 1 heterocycles. The first-order valence-electron chi connectivity index (χ1n) is 4.72. The largest absolute Gasteiger partial charge is 0.469 e. The lowest BCUT2D eigenvalue weighted by Gasteiger charge is -2.09. The molecule has 2 nitrogen and oxygen atoms in total. The van der Waals surface area contributed by atoms with Gasteiger partial charge in [-0.1, -0.05) is 0 Å². The molecule has 0 bridgehead atoms. The SMILES string of the molecule is [NH3+][C@@H]1CCC[C@@H]1Cc1ccco1. The number of hydrogen-bond acceptors (Lipinski definition) is 1. The summed E-state index contributed by atoms with van der Waals surface area (Å²) in [5.41, 5.74) is 4.16. The summed E-state index contributed by atoms with van der Waals surface area (Å²) < 4.78 is 5.32. The summed E-state index contributed by atoms with van der Waals surface area (Å²) in [7, 11) is 0. The Morgan fingerprint density at radius 3 is 3.00 bits per heavy atom. The van der Waals surface area contributed by atoms with Gasteiger partial charge in [-0.05, 0) is 31.4 Å². The highest BCUT2D eigenvalue weighted by molar-refractivity contribution is 5.00. The molecule has 0 saturated heterocycles. The zero-order valence-electron chi connectivity index (χ0n) is 7.33. The fraction of sp³-hybridized carbons (Fsp3) is 0.600. The average Bonchev–Trinajstić information content (AvgIpc) is 2.65. The van der Waals surface area contributed by atoms with E-state index in [2.05, 4.69) is 11.8 Å². The van der Waals surface area contributed by atoms with Gasteiger partial charge in [0, 0.05) is 12.3 Å². The summed E-state index contributed by atoms with van der Waals surface area (Å²) in [5.74, 6) is 1.88. The van der Waals surface area contributed by atoms with Crippen molar-refractivity contribution in [2.45, 2.75) is 31.7 Å². The molecule has 0 radical (unpaired) electrons. The van der Waals surface area contributed by atoms with E-state index in [0.29, 0.717) is 6.04 Å². The second-order valence-corrected chi connectivity index (χ2v) is 3.73. The zero-order chi connectivity index (χ0) is 8.39. The van der Waals surface area contributed by atoms with Gasteiger partial charge in [0.1, 0.15) is 5.76 Å². The van der Waals surface area contributed by atoms with E-state index in [1.807, 2.05) is 6.07 Å². The third-order valence-electron chi connectivity index (χ3n) is 2.86. The second-order valence-electron chi connectivity index (χ2n) is 3.73. The number of quaternary nitrogens is 1. The molecule has 1 aromatic heterocycles. The highest BCUT2D eigenvalue weighted by atomic mass is 16.3. The van der Waals surface area contributed by atoms with E-state index in [1.54, 1.807) is 6.26 Å². The fourth-order valence-corrected chi connectivity index (χ4v) is 2.07. The molecule has 1 saturated carbocycles. The average molecular weight is 166 g/mol. The molecule has 3 N–H and O–H groups in total. The third kappa shape index (κ3) is 1.53. The van der Waals surface area contributed by atoms with Crippen molar-refractivity contribution in [1.29, 1.82) is 0 Å². The molecule has 2 heteroatoms. The van der Waals surface area contributed by atoms with Gasteiger partial charge in [0.05, 0.1) is 12.3 Å². The Bertz CT molecular complexity index is 230. The van der Waals surface area contributed by atoms with Gasteiger partial charge in [0.15, 0.2) is 0 Å². The molecule has 66 valence electrons. The van der Waals surface area contributed by atoms with Gasteiger partial charge in [-0.15, -0.1) is 0 Å². The Balaban J connectivity index is 1.95. The van der Waals surface area contributed by atoms with E-state index in [4.69, 9.17) is 4.42 Å². The van der Waals surface area contributed by atoms with Crippen LogP contribution < -0.4 is 5.73 Å². The predicted octanol–water partition coefficient (Wildman–Crippen LogP) is 1.23. The lowest BCUT2D eigenvalue weighted by atomic mass is 9.99. The molecular formula is C10H16NO+. The molecule has 2 rings (SSSR count). The number of hydrogen-bond donors (Lipinski definition) is 1. The molecule has 0 amide bonds. The van der Waals surface area contributed by atoms with Gasteiger partial charge in [-0.2, -0.15) is 0 Å². The normalized spacial score (nSPS) is 29.4. The van der Waals surface area contributed by atoms with E-state index in [9.17, 15) is 0 Å². The van der Waals surface area contributed by atoms with Crippen molar-refractivity contribution in [1.82, 2.24) is 0 Å². The van der Waals surface area contributed by atoms with E-state index in [-0.39, 0.29) is 0 Å². The van der Waals surface area contributed by atoms with Crippen molar-refractivity contribution in [3.8, 4) is 0 Å². The third-order valence-corrected chi connectivity index (χ3v) is 2.86. The maximum absolute atomic E-state index is 5.32. The Morgan fingerprint density at radius 1 is 1.50 bits per heavy atom. The monoisotopic (exact) mass is 166 g/mol. The van der Waals surface area contributed by atoms with Crippen molar-refractivity contribution in [2.24, 2.45) is 5.92 Å². The van der Waals surface area contributed by atoms with Crippen LogP contribution in [-0.4, -0.2) is 6.04 Å². The van der Waals surface area contributed by atoms with Gasteiger partial charge >= 0.3 is 0 Å². The van der Waals surface area contributed by atoms with Gasteiger partial charge < -0.3 is 10.2 Å². The van der Waals surface area contributed by atoms with Crippen molar-refractivity contribution in [2.75, 3.05) is 0 Å². The van der Waals surface area contributed by atoms with Crippen molar-refractivity contribution in [3.05, 3.63) is 24.2 Å². The van der Waals surface area contributed by atoms with Gasteiger partial charge in [-0.25, -0.2) is 0 Å². The van der Waals surface area contributed by atoms with Crippen LogP contribution in [0.15, 0.2) is 22.8 Å². The van der Waals surface area contributed by atoms with Crippen molar-refractivity contribution in [3.63, 3.8) is 0 Å². The summed E-state index contributed by atoms with van der Waals surface area (Å²) in [6.07, 6.45) is 6.81. The summed E-state index contributed by atoms with van der Waals surface area (Å²) in [6.45, 7) is 0. The van der Waals surface area contributed by atoms with E-state index >= 15 is 0 Å². The Labute approximate surface area is 72.7 Å². The first-order valence-corrected chi connectivity index (χ1v) is 4.72. The molecule has 0 aliphatic heterocycles. The molecule has 0 unspecified atom stereocenters. The van der Waals surface area contributed by atoms with E-state index in [0.717, 1.165) is 18.1 Å².